The van der Waals surface area contributed by atoms with Gasteiger partial charge in [0, 0.05) is 18.6 Å². The highest BCUT2D eigenvalue weighted by atomic mass is 32.2. The van der Waals surface area contributed by atoms with E-state index in [2.05, 4.69) is 5.32 Å². The molecule has 2 atom stereocenters. The van der Waals surface area contributed by atoms with Gasteiger partial charge in [0.05, 0.1) is 4.90 Å². The Balaban J connectivity index is 1.98. The number of nitrogens with one attached hydrogen (secondary N) is 1. The molecule has 0 radical (unpaired) electrons. The van der Waals surface area contributed by atoms with Crippen LogP contribution in [0, 0.1) is 0 Å². The van der Waals surface area contributed by atoms with Gasteiger partial charge in [0.25, 0.3) is 0 Å². The van der Waals surface area contributed by atoms with Gasteiger partial charge in [-0.25, -0.2) is 8.42 Å². The van der Waals surface area contributed by atoms with E-state index in [1.165, 1.54) is 0 Å². The quantitative estimate of drug-likeness (QED) is 0.924. The molecule has 2 saturated heterocycles. The molecule has 2 unspecified atom stereocenters. The van der Waals surface area contributed by atoms with Crippen molar-refractivity contribution < 1.29 is 8.42 Å². The number of hydrogen-bond donors (Lipinski definition) is 1. The van der Waals surface area contributed by atoms with Crippen molar-refractivity contribution >= 4 is 10.0 Å². The molecule has 2 heterocycles. The fraction of sp³-hybridized carbons (Fsp3) is 0.600. The van der Waals surface area contributed by atoms with Crippen LogP contribution in [0.25, 0.3) is 0 Å². The van der Waals surface area contributed by atoms with E-state index in [1.807, 2.05) is 25.1 Å². The van der Waals surface area contributed by atoms with Crippen LogP contribution < -0.4 is 5.32 Å². The lowest BCUT2D eigenvalue weighted by atomic mass is 10.1. The second kappa shape index (κ2) is 5.47. The number of benzene rings is 1. The minimum atomic E-state index is -3.36. The number of hydrogen-bond acceptors (Lipinski definition) is 3. The van der Waals surface area contributed by atoms with Gasteiger partial charge in [0.1, 0.15) is 0 Å². The van der Waals surface area contributed by atoms with Gasteiger partial charge in [-0.15, -0.1) is 0 Å². The molecule has 0 spiro atoms. The molecule has 2 aliphatic rings. The normalized spacial score (nSPS) is 27.4. The van der Waals surface area contributed by atoms with E-state index in [9.17, 15) is 8.42 Å². The standard InChI is InChI=1S/C15H22N2O2S/c1-2-12-4-3-5-15(10-12)20(18,19)17-13-6-7-14(17)11-16-9-8-13/h3-5,10,13-14,16H,2,6-9,11H2,1H3. The van der Waals surface area contributed by atoms with E-state index in [0.29, 0.717) is 4.90 Å². The monoisotopic (exact) mass is 294 g/mol. The summed E-state index contributed by atoms with van der Waals surface area (Å²) in [6.45, 7) is 3.75. The highest BCUT2D eigenvalue weighted by molar-refractivity contribution is 7.89. The minimum absolute atomic E-state index is 0.123. The molecule has 0 saturated carbocycles. The van der Waals surface area contributed by atoms with Crippen LogP contribution in [-0.2, 0) is 16.4 Å². The van der Waals surface area contributed by atoms with Gasteiger partial charge >= 0.3 is 0 Å². The smallest absolute Gasteiger partial charge is 0.243 e. The molecule has 4 nitrogen and oxygen atoms in total. The number of sulfonamides is 1. The molecular formula is C15H22N2O2S. The Bertz CT molecular complexity index is 571. The summed E-state index contributed by atoms with van der Waals surface area (Å²) < 4.78 is 27.7. The molecule has 0 amide bonds. The maximum Gasteiger partial charge on any atom is 0.243 e. The zero-order valence-electron chi connectivity index (χ0n) is 11.9. The second-order valence-electron chi connectivity index (χ2n) is 5.71. The van der Waals surface area contributed by atoms with Gasteiger partial charge < -0.3 is 5.32 Å². The minimum Gasteiger partial charge on any atom is -0.315 e. The summed E-state index contributed by atoms with van der Waals surface area (Å²) in [6.07, 6.45) is 3.75. The Hall–Kier alpha value is -0.910. The Morgan fingerprint density at radius 1 is 1.25 bits per heavy atom. The summed E-state index contributed by atoms with van der Waals surface area (Å²) >= 11 is 0. The predicted molar refractivity (Wildman–Crippen MR) is 79.1 cm³/mol. The lowest BCUT2D eigenvalue weighted by molar-refractivity contribution is 0.334. The largest absolute Gasteiger partial charge is 0.315 e. The van der Waals surface area contributed by atoms with E-state index in [4.69, 9.17) is 0 Å². The molecule has 0 aliphatic carbocycles. The van der Waals surface area contributed by atoms with Gasteiger partial charge in [-0.1, -0.05) is 19.1 Å². The molecule has 2 fully saturated rings. The van der Waals surface area contributed by atoms with E-state index in [-0.39, 0.29) is 12.1 Å². The summed E-state index contributed by atoms with van der Waals surface area (Å²) in [5.41, 5.74) is 1.08. The van der Waals surface area contributed by atoms with Crippen LogP contribution in [0.5, 0.6) is 0 Å². The lowest BCUT2D eigenvalue weighted by Gasteiger charge is -2.27. The molecule has 20 heavy (non-hydrogen) atoms. The van der Waals surface area contributed by atoms with Crippen molar-refractivity contribution in [2.75, 3.05) is 13.1 Å². The Labute approximate surface area is 121 Å². The highest BCUT2D eigenvalue weighted by Gasteiger charge is 2.42. The molecule has 2 bridgehead atoms. The number of nitrogens with zero attached hydrogens (tertiary/aromatic N) is 1. The molecule has 1 aromatic carbocycles. The number of fused-ring (bicyclic) bond motifs is 2. The van der Waals surface area contributed by atoms with Crippen LogP contribution in [0.4, 0.5) is 0 Å². The maximum absolute atomic E-state index is 13.0. The zero-order valence-corrected chi connectivity index (χ0v) is 12.7. The molecule has 2 aliphatic heterocycles. The van der Waals surface area contributed by atoms with Gasteiger partial charge in [0.15, 0.2) is 0 Å². The first-order valence-corrected chi connectivity index (χ1v) is 8.90. The third-order valence-corrected chi connectivity index (χ3v) is 6.47. The van der Waals surface area contributed by atoms with E-state index >= 15 is 0 Å². The average molecular weight is 294 g/mol. The van der Waals surface area contributed by atoms with Crippen molar-refractivity contribution in [3.63, 3.8) is 0 Å². The fourth-order valence-electron chi connectivity index (χ4n) is 3.38. The average Bonchev–Trinajstić information content (AvgIpc) is 2.73. The number of rotatable bonds is 3. The number of aryl methyl sites for hydroxylation is 1. The zero-order chi connectivity index (χ0) is 14.2. The summed E-state index contributed by atoms with van der Waals surface area (Å²) in [5, 5.41) is 3.35. The van der Waals surface area contributed by atoms with E-state index in [1.54, 1.807) is 10.4 Å². The van der Waals surface area contributed by atoms with Crippen molar-refractivity contribution in [3.8, 4) is 0 Å². The van der Waals surface area contributed by atoms with Gasteiger partial charge in [-0.2, -0.15) is 4.31 Å². The first-order valence-electron chi connectivity index (χ1n) is 7.46. The van der Waals surface area contributed by atoms with Crippen LogP contribution >= 0.6 is 0 Å². The van der Waals surface area contributed by atoms with Crippen LogP contribution in [0.3, 0.4) is 0 Å². The maximum atomic E-state index is 13.0. The molecule has 3 rings (SSSR count). The third kappa shape index (κ3) is 2.38. The molecular weight excluding hydrogens is 272 g/mol. The van der Waals surface area contributed by atoms with Crippen LogP contribution in [0.1, 0.15) is 31.7 Å². The SMILES string of the molecule is CCc1cccc(S(=O)(=O)N2C3CCNCC2CC3)c1. The molecule has 1 N–H and O–H groups in total. The van der Waals surface area contributed by atoms with Gasteiger partial charge in [-0.3, -0.25) is 0 Å². The van der Waals surface area contributed by atoms with Crippen LogP contribution in [-0.4, -0.2) is 37.9 Å². The Kier molecular flexibility index (Phi) is 3.84. The molecule has 110 valence electrons. The topological polar surface area (TPSA) is 49.4 Å². The summed E-state index contributed by atoms with van der Waals surface area (Å²) in [4.78, 5) is 0.454. The summed E-state index contributed by atoms with van der Waals surface area (Å²) in [6, 6.07) is 7.68. The molecule has 5 heteroatoms. The Morgan fingerprint density at radius 3 is 2.85 bits per heavy atom. The Morgan fingerprint density at radius 2 is 2.05 bits per heavy atom. The van der Waals surface area contributed by atoms with Crippen molar-refractivity contribution in [1.29, 1.82) is 0 Å². The van der Waals surface area contributed by atoms with E-state index in [0.717, 1.165) is 44.3 Å². The van der Waals surface area contributed by atoms with Crippen molar-refractivity contribution in [2.45, 2.75) is 49.6 Å². The predicted octanol–water partition coefficient (Wildman–Crippen LogP) is 1.76. The van der Waals surface area contributed by atoms with Crippen LogP contribution in [0.15, 0.2) is 29.2 Å². The lowest BCUT2D eigenvalue weighted by Crippen LogP contribution is -2.42. The molecule has 0 aromatic heterocycles. The second-order valence-corrected chi connectivity index (χ2v) is 7.56. The summed E-state index contributed by atoms with van der Waals surface area (Å²) in [5.74, 6) is 0. The van der Waals surface area contributed by atoms with Gasteiger partial charge in [-0.05, 0) is 49.9 Å². The van der Waals surface area contributed by atoms with Crippen molar-refractivity contribution in [3.05, 3.63) is 29.8 Å². The fourth-order valence-corrected chi connectivity index (χ4v) is 5.35. The van der Waals surface area contributed by atoms with Crippen molar-refractivity contribution in [2.24, 2.45) is 0 Å². The summed E-state index contributed by atoms with van der Waals surface area (Å²) in [7, 11) is -3.36. The van der Waals surface area contributed by atoms with E-state index < -0.39 is 10.0 Å². The van der Waals surface area contributed by atoms with Crippen molar-refractivity contribution in [1.82, 2.24) is 9.62 Å². The molecule has 1 aromatic rings. The van der Waals surface area contributed by atoms with Crippen LogP contribution in [0.2, 0.25) is 0 Å². The first kappa shape index (κ1) is 14.0. The third-order valence-electron chi connectivity index (χ3n) is 4.47. The first-order chi connectivity index (χ1) is 9.63. The van der Waals surface area contributed by atoms with Gasteiger partial charge in [0.2, 0.25) is 10.0 Å². The highest BCUT2D eigenvalue weighted by Crippen LogP contribution is 2.33.